The molecule has 0 radical (unpaired) electrons. The molecule has 6 heteroatoms. The third-order valence-electron chi connectivity index (χ3n) is 3.17. The van der Waals surface area contributed by atoms with Crippen molar-refractivity contribution in [1.29, 1.82) is 0 Å². The molecule has 4 N–H and O–H groups in total. The number of anilines is 2. The number of nitrogen functional groups attached to an aromatic ring is 1. The van der Waals surface area contributed by atoms with Gasteiger partial charge in [0.25, 0.3) is 0 Å². The number of hydrogen-bond acceptors (Lipinski definition) is 6. The molecular weight excluding hydrogens is 242 g/mol. The lowest BCUT2D eigenvalue weighted by atomic mass is 10.1. The molecule has 1 aromatic rings. The number of aromatic nitrogens is 2. The van der Waals surface area contributed by atoms with Gasteiger partial charge in [-0.2, -0.15) is 0 Å². The van der Waals surface area contributed by atoms with Crippen LogP contribution in [0.25, 0.3) is 0 Å². The Morgan fingerprint density at radius 3 is 2.84 bits per heavy atom. The van der Waals surface area contributed by atoms with E-state index in [1.165, 1.54) is 19.2 Å². The summed E-state index contributed by atoms with van der Waals surface area (Å²) in [5.41, 5.74) is 3.66. The zero-order chi connectivity index (χ0) is 13.5. The first-order chi connectivity index (χ1) is 9.35. The van der Waals surface area contributed by atoms with Gasteiger partial charge in [-0.15, -0.1) is 0 Å². The minimum atomic E-state index is 0.693. The van der Waals surface area contributed by atoms with Crippen molar-refractivity contribution in [2.24, 2.45) is 11.8 Å². The molecule has 19 heavy (non-hydrogen) atoms. The van der Waals surface area contributed by atoms with E-state index in [0.717, 1.165) is 43.3 Å². The molecule has 0 unspecified atom stereocenters. The Balaban J connectivity index is 1.82. The lowest BCUT2D eigenvalue weighted by molar-refractivity contribution is 0.134. The molecule has 0 bridgehead atoms. The molecule has 0 aromatic carbocycles. The maximum absolute atomic E-state index is 5.59. The normalized spacial score (nSPS) is 14.4. The van der Waals surface area contributed by atoms with Gasteiger partial charge in [-0.25, -0.2) is 15.8 Å². The van der Waals surface area contributed by atoms with Gasteiger partial charge >= 0.3 is 0 Å². The number of ether oxygens (including phenoxy) is 1. The summed E-state index contributed by atoms with van der Waals surface area (Å²) in [6.45, 7) is 4.47. The fourth-order valence-corrected chi connectivity index (χ4v) is 1.95. The van der Waals surface area contributed by atoms with Crippen LogP contribution in [0.3, 0.4) is 0 Å². The van der Waals surface area contributed by atoms with Crippen molar-refractivity contribution in [1.82, 2.24) is 9.97 Å². The van der Waals surface area contributed by atoms with E-state index in [2.05, 4.69) is 27.6 Å². The van der Waals surface area contributed by atoms with Crippen LogP contribution in [0.1, 0.15) is 31.7 Å². The van der Waals surface area contributed by atoms with Crippen molar-refractivity contribution in [3.63, 3.8) is 0 Å². The number of nitrogens with zero attached hydrogens (tertiary/aromatic N) is 2. The maximum atomic E-state index is 5.59. The first-order valence-corrected chi connectivity index (χ1v) is 6.97. The Kier molecular flexibility index (Phi) is 5.35. The van der Waals surface area contributed by atoms with E-state index in [0.29, 0.717) is 12.4 Å². The topological polar surface area (TPSA) is 85.1 Å². The molecule has 0 spiro atoms. The molecule has 1 aromatic heterocycles. The molecule has 1 aliphatic carbocycles. The number of nitrogens with two attached hydrogens (primary N) is 1. The lowest BCUT2D eigenvalue weighted by Gasteiger charge is -2.13. The summed E-state index contributed by atoms with van der Waals surface area (Å²) in [6, 6.07) is 0. The van der Waals surface area contributed by atoms with Gasteiger partial charge in [0, 0.05) is 18.7 Å². The third-order valence-corrected chi connectivity index (χ3v) is 3.17. The molecule has 106 valence electrons. The summed E-state index contributed by atoms with van der Waals surface area (Å²) in [5.74, 6) is 7.82. The van der Waals surface area contributed by atoms with E-state index in [1.807, 2.05) is 0 Å². The van der Waals surface area contributed by atoms with Gasteiger partial charge in [0.15, 0.2) is 0 Å². The van der Waals surface area contributed by atoms with Crippen molar-refractivity contribution in [3.05, 3.63) is 11.9 Å². The second kappa shape index (κ2) is 7.25. The van der Waals surface area contributed by atoms with Crippen molar-refractivity contribution in [2.75, 3.05) is 30.5 Å². The number of hydrazine groups is 1. The van der Waals surface area contributed by atoms with Crippen LogP contribution in [0.2, 0.25) is 0 Å². The largest absolute Gasteiger partial charge is 0.379 e. The molecule has 1 fully saturated rings. The van der Waals surface area contributed by atoms with Gasteiger partial charge in [0.05, 0.1) is 6.61 Å². The average molecular weight is 265 g/mol. The van der Waals surface area contributed by atoms with Crippen LogP contribution in [-0.2, 0) is 11.2 Å². The molecule has 1 aliphatic rings. The molecule has 1 saturated carbocycles. The standard InChI is InChI=1S/C13H23N5O/c1-2-3-11-12(16-9-17-13(11)18-14)15-6-7-19-8-10-4-5-10/h9-10H,2-8,14H2,1H3,(H2,15,16,17,18). The number of hydrogen-bond donors (Lipinski definition) is 3. The van der Waals surface area contributed by atoms with Crippen LogP contribution < -0.4 is 16.6 Å². The molecule has 0 amide bonds. The van der Waals surface area contributed by atoms with Crippen LogP contribution in [0.5, 0.6) is 0 Å². The Morgan fingerprint density at radius 2 is 2.16 bits per heavy atom. The number of nitrogens with one attached hydrogen (secondary N) is 2. The minimum absolute atomic E-state index is 0.693. The summed E-state index contributed by atoms with van der Waals surface area (Å²) in [4.78, 5) is 8.41. The van der Waals surface area contributed by atoms with Crippen LogP contribution in [0.4, 0.5) is 11.6 Å². The molecule has 6 nitrogen and oxygen atoms in total. The first-order valence-electron chi connectivity index (χ1n) is 6.97. The van der Waals surface area contributed by atoms with E-state index in [9.17, 15) is 0 Å². The van der Waals surface area contributed by atoms with Crippen LogP contribution in [0, 0.1) is 5.92 Å². The quantitative estimate of drug-likeness (QED) is 0.357. The van der Waals surface area contributed by atoms with E-state index < -0.39 is 0 Å². The average Bonchev–Trinajstić information content (AvgIpc) is 3.24. The van der Waals surface area contributed by atoms with Gasteiger partial charge in [0.2, 0.25) is 0 Å². The highest BCUT2D eigenvalue weighted by molar-refractivity contribution is 5.56. The molecule has 0 atom stereocenters. The lowest BCUT2D eigenvalue weighted by Crippen LogP contribution is -2.16. The highest BCUT2D eigenvalue weighted by Gasteiger charge is 2.20. The van der Waals surface area contributed by atoms with E-state index in [4.69, 9.17) is 10.6 Å². The fraction of sp³-hybridized carbons (Fsp3) is 0.692. The van der Waals surface area contributed by atoms with E-state index >= 15 is 0 Å². The minimum Gasteiger partial charge on any atom is -0.379 e. The summed E-state index contributed by atoms with van der Waals surface area (Å²) in [5, 5.41) is 3.30. The van der Waals surface area contributed by atoms with E-state index in [1.54, 1.807) is 0 Å². The van der Waals surface area contributed by atoms with Crippen LogP contribution >= 0.6 is 0 Å². The smallest absolute Gasteiger partial charge is 0.148 e. The van der Waals surface area contributed by atoms with Gasteiger partial charge in [-0.3, -0.25) is 0 Å². The van der Waals surface area contributed by atoms with Gasteiger partial charge in [-0.05, 0) is 25.2 Å². The second-order valence-electron chi connectivity index (χ2n) is 4.89. The maximum Gasteiger partial charge on any atom is 0.148 e. The highest BCUT2D eigenvalue weighted by Crippen LogP contribution is 2.28. The fourth-order valence-electron chi connectivity index (χ4n) is 1.95. The molecule has 1 heterocycles. The van der Waals surface area contributed by atoms with Crippen LogP contribution in [0.15, 0.2) is 6.33 Å². The van der Waals surface area contributed by atoms with Crippen molar-refractivity contribution in [2.45, 2.75) is 32.6 Å². The zero-order valence-corrected chi connectivity index (χ0v) is 11.5. The zero-order valence-electron chi connectivity index (χ0n) is 11.5. The Morgan fingerprint density at radius 1 is 1.37 bits per heavy atom. The molecular formula is C13H23N5O. The van der Waals surface area contributed by atoms with Gasteiger partial charge in [-0.1, -0.05) is 13.3 Å². The highest BCUT2D eigenvalue weighted by atomic mass is 16.5. The molecule has 0 saturated heterocycles. The summed E-state index contributed by atoms with van der Waals surface area (Å²) in [6.07, 6.45) is 6.08. The van der Waals surface area contributed by atoms with Gasteiger partial charge < -0.3 is 15.5 Å². The summed E-state index contributed by atoms with van der Waals surface area (Å²) >= 11 is 0. The monoisotopic (exact) mass is 265 g/mol. The molecule has 2 rings (SSSR count). The summed E-state index contributed by atoms with van der Waals surface area (Å²) in [7, 11) is 0. The second-order valence-corrected chi connectivity index (χ2v) is 4.89. The third kappa shape index (κ3) is 4.33. The Labute approximate surface area is 114 Å². The SMILES string of the molecule is CCCc1c(NN)ncnc1NCCOCC1CC1. The predicted molar refractivity (Wildman–Crippen MR) is 75.9 cm³/mol. The molecule has 0 aliphatic heterocycles. The van der Waals surface area contributed by atoms with Crippen molar-refractivity contribution < 1.29 is 4.74 Å². The summed E-state index contributed by atoms with van der Waals surface area (Å²) < 4.78 is 5.59. The Hall–Kier alpha value is -1.40. The van der Waals surface area contributed by atoms with Crippen LogP contribution in [-0.4, -0.2) is 29.7 Å². The van der Waals surface area contributed by atoms with Gasteiger partial charge in [0.1, 0.15) is 18.0 Å². The van der Waals surface area contributed by atoms with Crippen molar-refractivity contribution in [3.8, 4) is 0 Å². The van der Waals surface area contributed by atoms with Crippen molar-refractivity contribution >= 4 is 11.6 Å². The first kappa shape index (κ1) is 14.0. The predicted octanol–water partition coefficient (Wildman–Crippen LogP) is 1.55. The van der Waals surface area contributed by atoms with E-state index in [-0.39, 0.29) is 0 Å². The Bertz CT molecular complexity index is 395. The number of rotatable bonds is 9.